The van der Waals surface area contributed by atoms with Crippen LogP contribution in [0.15, 0.2) is 36.7 Å². The Hall–Kier alpha value is -2.07. The van der Waals surface area contributed by atoms with Crippen molar-refractivity contribution in [3.63, 3.8) is 0 Å². The molecule has 1 aromatic carbocycles. The maximum atomic E-state index is 5.92. The third kappa shape index (κ3) is 3.00. The molecule has 4 nitrogen and oxygen atoms in total. The first-order valence-corrected chi connectivity index (χ1v) is 10.3. The summed E-state index contributed by atoms with van der Waals surface area (Å²) < 4.78 is 11.8. The molecule has 0 radical (unpaired) electrons. The molecule has 3 heterocycles. The Kier molecular flexibility index (Phi) is 4.31. The summed E-state index contributed by atoms with van der Waals surface area (Å²) in [6.07, 6.45) is 10.1. The van der Waals surface area contributed by atoms with E-state index in [4.69, 9.17) is 9.47 Å². The van der Waals surface area contributed by atoms with Gasteiger partial charge in [0.15, 0.2) is 11.5 Å². The van der Waals surface area contributed by atoms with Gasteiger partial charge in [0.1, 0.15) is 13.2 Å². The molecule has 142 valence electrons. The van der Waals surface area contributed by atoms with E-state index in [-0.39, 0.29) is 5.41 Å². The van der Waals surface area contributed by atoms with Crippen molar-refractivity contribution in [3.05, 3.63) is 53.3 Å². The smallest absolute Gasteiger partial charge is 0.161 e. The lowest BCUT2D eigenvalue weighted by atomic mass is 9.71. The second-order valence-electron chi connectivity index (χ2n) is 8.32. The summed E-state index contributed by atoms with van der Waals surface area (Å²) in [5.41, 5.74) is 4.63. The van der Waals surface area contributed by atoms with Crippen LogP contribution in [0, 0.1) is 0 Å². The number of hydrogen-bond acceptors (Lipinski definition) is 4. The molecule has 1 saturated carbocycles. The predicted molar refractivity (Wildman–Crippen MR) is 106 cm³/mol. The highest BCUT2D eigenvalue weighted by Crippen LogP contribution is 2.51. The van der Waals surface area contributed by atoms with Gasteiger partial charge in [-0.15, -0.1) is 0 Å². The van der Waals surface area contributed by atoms with Gasteiger partial charge in [0, 0.05) is 36.9 Å². The Balaban J connectivity index is 1.48. The zero-order valence-electron chi connectivity index (χ0n) is 16.1. The molecule has 27 heavy (non-hydrogen) atoms. The molecule has 1 atom stereocenters. The van der Waals surface area contributed by atoms with E-state index in [1.165, 1.54) is 42.4 Å². The highest BCUT2D eigenvalue weighted by molar-refractivity contribution is 5.53. The molecular weight excluding hydrogens is 336 g/mol. The van der Waals surface area contributed by atoms with Gasteiger partial charge < -0.3 is 9.47 Å². The van der Waals surface area contributed by atoms with Gasteiger partial charge in [0.25, 0.3) is 0 Å². The summed E-state index contributed by atoms with van der Waals surface area (Å²) in [5.74, 6) is 1.87. The summed E-state index contributed by atoms with van der Waals surface area (Å²) in [4.78, 5) is 6.83. The van der Waals surface area contributed by atoms with Crippen LogP contribution in [-0.2, 0) is 11.8 Å². The van der Waals surface area contributed by atoms with Crippen LogP contribution in [0.3, 0.4) is 0 Å². The molecule has 1 aliphatic carbocycles. The van der Waals surface area contributed by atoms with E-state index in [0.29, 0.717) is 19.3 Å². The molecule has 1 unspecified atom stereocenters. The molecular formula is C23H28N2O2. The van der Waals surface area contributed by atoms with Crippen LogP contribution in [0.2, 0.25) is 0 Å². The van der Waals surface area contributed by atoms with Gasteiger partial charge in [0.2, 0.25) is 0 Å². The molecule has 4 heteroatoms. The molecule has 0 amide bonds. The standard InChI is InChI=1S/C23H28N2O2/c1-17-19-14-21-22(27-13-12-26-21)15-20(19)23(7-2-3-8-23)16-25(17)11-6-18-4-9-24-10-5-18/h4-5,9-10,14-15,17H,2-3,6-8,11-13,16H2,1H3. The van der Waals surface area contributed by atoms with Gasteiger partial charge in [-0.25, -0.2) is 0 Å². The second-order valence-corrected chi connectivity index (χ2v) is 8.32. The van der Waals surface area contributed by atoms with Crippen molar-refractivity contribution in [1.29, 1.82) is 0 Å². The first-order valence-electron chi connectivity index (χ1n) is 10.3. The summed E-state index contributed by atoms with van der Waals surface area (Å²) in [6.45, 7) is 5.90. The van der Waals surface area contributed by atoms with Gasteiger partial charge in [-0.3, -0.25) is 9.88 Å². The molecule has 1 spiro atoms. The van der Waals surface area contributed by atoms with Crippen molar-refractivity contribution in [3.8, 4) is 11.5 Å². The Morgan fingerprint density at radius 1 is 1.07 bits per heavy atom. The average Bonchev–Trinajstić information content (AvgIpc) is 3.19. The van der Waals surface area contributed by atoms with Gasteiger partial charge in [-0.2, -0.15) is 0 Å². The maximum absolute atomic E-state index is 5.92. The number of aromatic nitrogens is 1. The van der Waals surface area contributed by atoms with Crippen molar-refractivity contribution < 1.29 is 9.47 Å². The minimum atomic E-state index is 0.288. The van der Waals surface area contributed by atoms with E-state index >= 15 is 0 Å². The molecule has 2 aliphatic heterocycles. The molecule has 2 aromatic rings. The first kappa shape index (κ1) is 17.1. The van der Waals surface area contributed by atoms with E-state index in [1.807, 2.05) is 12.4 Å². The third-order valence-corrected chi connectivity index (χ3v) is 6.79. The molecule has 5 rings (SSSR count). The highest BCUT2D eigenvalue weighted by atomic mass is 16.6. The number of pyridine rings is 1. The highest BCUT2D eigenvalue weighted by Gasteiger charge is 2.44. The number of hydrogen-bond donors (Lipinski definition) is 0. The monoisotopic (exact) mass is 364 g/mol. The fraction of sp³-hybridized carbons (Fsp3) is 0.522. The van der Waals surface area contributed by atoms with Gasteiger partial charge in [0.05, 0.1) is 0 Å². The van der Waals surface area contributed by atoms with Crippen LogP contribution in [-0.4, -0.2) is 36.2 Å². The minimum Gasteiger partial charge on any atom is -0.486 e. The van der Waals surface area contributed by atoms with Gasteiger partial charge >= 0.3 is 0 Å². The molecule has 0 N–H and O–H groups in total. The van der Waals surface area contributed by atoms with Gasteiger partial charge in [-0.1, -0.05) is 12.8 Å². The minimum absolute atomic E-state index is 0.288. The molecule has 1 fully saturated rings. The van der Waals surface area contributed by atoms with Gasteiger partial charge in [-0.05, 0) is 67.1 Å². The predicted octanol–water partition coefficient (Wildman–Crippen LogP) is 4.28. The number of nitrogens with zero attached hydrogens (tertiary/aromatic N) is 2. The van der Waals surface area contributed by atoms with Crippen LogP contribution in [0.5, 0.6) is 11.5 Å². The second kappa shape index (κ2) is 6.83. The lowest BCUT2D eigenvalue weighted by molar-refractivity contribution is 0.133. The Morgan fingerprint density at radius 2 is 1.78 bits per heavy atom. The first-order chi connectivity index (χ1) is 13.3. The van der Waals surface area contributed by atoms with Crippen LogP contribution in [0.1, 0.15) is 55.3 Å². The Bertz CT molecular complexity index is 815. The SMILES string of the molecule is CC1c2cc3c(cc2C2(CCCC2)CN1CCc1ccncc1)OCCO3. The lowest BCUT2D eigenvalue weighted by Crippen LogP contribution is -2.46. The zero-order valence-corrected chi connectivity index (χ0v) is 16.1. The van der Waals surface area contributed by atoms with Crippen molar-refractivity contribution in [2.45, 2.75) is 50.5 Å². The molecule has 3 aliphatic rings. The van der Waals surface area contributed by atoms with E-state index in [2.05, 4.69) is 41.1 Å². The van der Waals surface area contributed by atoms with Crippen LogP contribution in [0.25, 0.3) is 0 Å². The molecule has 1 aromatic heterocycles. The number of ether oxygens (including phenoxy) is 2. The van der Waals surface area contributed by atoms with Crippen molar-refractivity contribution in [2.75, 3.05) is 26.3 Å². The van der Waals surface area contributed by atoms with E-state index in [9.17, 15) is 0 Å². The topological polar surface area (TPSA) is 34.6 Å². The molecule has 0 saturated heterocycles. The summed E-state index contributed by atoms with van der Waals surface area (Å²) in [7, 11) is 0. The Morgan fingerprint density at radius 3 is 2.52 bits per heavy atom. The van der Waals surface area contributed by atoms with E-state index in [0.717, 1.165) is 31.0 Å². The van der Waals surface area contributed by atoms with Crippen molar-refractivity contribution >= 4 is 0 Å². The van der Waals surface area contributed by atoms with Crippen LogP contribution >= 0.6 is 0 Å². The van der Waals surface area contributed by atoms with Crippen LogP contribution < -0.4 is 9.47 Å². The third-order valence-electron chi connectivity index (χ3n) is 6.79. The summed E-state index contributed by atoms with van der Waals surface area (Å²) in [5, 5.41) is 0. The fourth-order valence-corrected chi connectivity index (χ4v) is 5.29. The van der Waals surface area contributed by atoms with Crippen molar-refractivity contribution in [2.24, 2.45) is 0 Å². The lowest BCUT2D eigenvalue weighted by Gasteiger charge is -2.46. The normalized spacial score (nSPS) is 23.4. The zero-order chi connectivity index (χ0) is 18.3. The van der Waals surface area contributed by atoms with Crippen LogP contribution in [0.4, 0.5) is 0 Å². The fourth-order valence-electron chi connectivity index (χ4n) is 5.29. The Labute approximate surface area is 161 Å². The van der Waals surface area contributed by atoms with E-state index < -0.39 is 0 Å². The number of rotatable bonds is 3. The van der Waals surface area contributed by atoms with E-state index in [1.54, 1.807) is 0 Å². The molecule has 0 bridgehead atoms. The quantitative estimate of drug-likeness (QED) is 0.814. The summed E-state index contributed by atoms with van der Waals surface area (Å²) >= 11 is 0. The largest absolute Gasteiger partial charge is 0.486 e. The average molecular weight is 364 g/mol. The summed E-state index contributed by atoms with van der Waals surface area (Å²) in [6, 6.07) is 9.26. The number of fused-ring (bicyclic) bond motifs is 3. The number of benzene rings is 1. The maximum Gasteiger partial charge on any atom is 0.161 e. The van der Waals surface area contributed by atoms with Crippen molar-refractivity contribution in [1.82, 2.24) is 9.88 Å².